The van der Waals surface area contributed by atoms with Gasteiger partial charge in [0.25, 0.3) is 0 Å². The van der Waals surface area contributed by atoms with Crippen molar-refractivity contribution in [3.63, 3.8) is 0 Å². The highest BCUT2D eigenvalue weighted by Gasteiger charge is 2.44. The van der Waals surface area contributed by atoms with Crippen molar-refractivity contribution in [3.8, 4) is 0 Å². The van der Waals surface area contributed by atoms with Crippen LogP contribution in [0, 0.1) is 0 Å². The van der Waals surface area contributed by atoms with Gasteiger partial charge in [0.2, 0.25) is 5.91 Å². The van der Waals surface area contributed by atoms with E-state index in [4.69, 9.17) is 9.47 Å². The molecule has 9 unspecified atom stereocenters. The zero-order valence-electron chi connectivity index (χ0n) is 48.3. The summed E-state index contributed by atoms with van der Waals surface area (Å²) in [6.45, 7) is 3.46. The SMILES string of the molecule is CCCCCCCCCCC/C=C\CCCCCCCCC(O)C(=O)NC(COC1OC(CO)C(O)C(O)C1O)C(O)C(O)CCC/C=C/CC/C=C/CC/C=C/CCCCCCCCCCCCCCCCCC. The summed E-state index contributed by atoms with van der Waals surface area (Å²) in [4.78, 5) is 13.2. The second-order valence-electron chi connectivity index (χ2n) is 22.1. The van der Waals surface area contributed by atoms with E-state index in [-0.39, 0.29) is 12.8 Å². The number of aliphatic hydroxyl groups is 7. The monoisotopic (exact) mass is 1060 g/mol. The molecule has 1 aliphatic rings. The molecule has 0 aromatic carbocycles. The lowest BCUT2D eigenvalue weighted by Crippen LogP contribution is -2.60. The zero-order valence-corrected chi connectivity index (χ0v) is 48.3. The highest BCUT2D eigenvalue weighted by molar-refractivity contribution is 5.80. The van der Waals surface area contributed by atoms with E-state index in [1.807, 2.05) is 0 Å². The predicted octanol–water partition coefficient (Wildman–Crippen LogP) is 14.0. The van der Waals surface area contributed by atoms with E-state index in [9.17, 15) is 40.5 Å². The number of carbonyl (C=O) groups is 1. The van der Waals surface area contributed by atoms with Crippen molar-refractivity contribution in [3.05, 3.63) is 48.6 Å². The molecule has 1 amide bonds. The molecule has 1 heterocycles. The van der Waals surface area contributed by atoms with Crippen molar-refractivity contribution in [2.24, 2.45) is 0 Å². The van der Waals surface area contributed by atoms with Gasteiger partial charge in [0.1, 0.15) is 36.6 Å². The van der Waals surface area contributed by atoms with Crippen LogP contribution in [0.5, 0.6) is 0 Å². The standard InChI is InChI=1S/C64H119NO10/c1-3-5-7-9-11-13-15-17-19-21-23-24-25-26-27-28-29-30-31-32-34-35-37-39-41-43-45-47-49-51-56(67)59(69)55(54-74-64-62(72)61(71)60(70)58(53-66)75-64)65-63(73)57(68)52-50-48-46-44-42-40-38-36-33-22-20-18-16-14-12-10-8-6-4-2/h30-31,33,35-37,43,45,55-62,64,66-72H,3-29,32,34,38-42,44,46-54H2,1-2H3,(H,65,73)/b31-30+,36-33-,37-35+,45-43+. The van der Waals surface area contributed by atoms with E-state index < -0.39 is 74.2 Å². The minimum absolute atomic E-state index is 0.239. The van der Waals surface area contributed by atoms with Crippen molar-refractivity contribution in [2.45, 2.75) is 339 Å². The van der Waals surface area contributed by atoms with E-state index >= 15 is 0 Å². The number of aliphatic hydroxyl groups excluding tert-OH is 7. The molecule has 11 nitrogen and oxygen atoms in total. The van der Waals surface area contributed by atoms with Crippen LogP contribution in [-0.4, -0.2) is 110 Å². The Labute approximate surface area is 459 Å². The normalized spacial score (nSPS) is 20.0. The van der Waals surface area contributed by atoms with Crippen LogP contribution in [0.1, 0.15) is 284 Å². The van der Waals surface area contributed by atoms with Crippen LogP contribution in [0.15, 0.2) is 48.6 Å². The van der Waals surface area contributed by atoms with Crippen LogP contribution in [-0.2, 0) is 14.3 Å². The average molecular weight is 1060 g/mol. The fraction of sp³-hybridized carbons (Fsp3) is 0.859. The molecule has 0 radical (unpaired) electrons. The highest BCUT2D eigenvalue weighted by atomic mass is 16.7. The van der Waals surface area contributed by atoms with E-state index in [0.29, 0.717) is 19.3 Å². The summed E-state index contributed by atoms with van der Waals surface area (Å²) in [6.07, 6.45) is 56.1. The number of ether oxygens (including phenoxy) is 2. The minimum Gasteiger partial charge on any atom is -0.394 e. The lowest BCUT2D eigenvalue weighted by molar-refractivity contribution is -0.303. The quantitative estimate of drug-likeness (QED) is 0.0215. The van der Waals surface area contributed by atoms with Gasteiger partial charge in [-0.15, -0.1) is 0 Å². The molecule has 8 N–H and O–H groups in total. The second kappa shape index (κ2) is 52.8. The molecule has 0 aromatic heterocycles. The number of rotatable bonds is 54. The second-order valence-corrected chi connectivity index (χ2v) is 22.1. The Morgan fingerprint density at radius 3 is 1.19 bits per heavy atom. The number of carbonyl (C=O) groups excluding carboxylic acids is 1. The first-order valence-corrected chi connectivity index (χ1v) is 31.5. The number of amides is 1. The molecule has 0 saturated carbocycles. The number of nitrogens with one attached hydrogen (secondary N) is 1. The summed E-state index contributed by atoms with van der Waals surface area (Å²) in [5.74, 6) is -0.716. The van der Waals surface area contributed by atoms with Crippen molar-refractivity contribution >= 4 is 5.91 Å². The van der Waals surface area contributed by atoms with Gasteiger partial charge in [-0.3, -0.25) is 4.79 Å². The Morgan fingerprint density at radius 1 is 0.453 bits per heavy atom. The van der Waals surface area contributed by atoms with Crippen LogP contribution in [0.3, 0.4) is 0 Å². The van der Waals surface area contributed by atoms with E-state index in [2.05, 4.69) is 67.8 Å². The van der Waals surface area contributed by atoms with Crippen LogP contribution in [0.25, 0.3) is 0 Å². The molecule has 440 valence electrons. The first-order valence-electron chi connectivity index (χ1n) is 31.5. The maximum absolute atomic E-state index is 13.2. The molecule has 11 heteroatoms. The molecule has 0 spiro atoms. The molecule has 0 aliphatic carbocycles. The molecular formula is C64H119NO10. The van der Waals surface area contributed by atoms with Gasteiger partial charge in [-0.05, 0) is 89.9 Å². The van der Waals surface area contributed by atoms with E-state index in [1.54, 1.807) is 0 Å². The highest BCUT2D eigenvalue weighted by Crippen LogP contribution is 2.23. The van der Waals surface area contributed by atoms with Crippen LogP contribution in [0.4, 0.5) is 0 Å². The summed E-state index contributed by atoms with van der Waals surface area (Å²) in [7, 11) is 0. The van der Waals surface area contributed by atoms with E-state index in [1.165, 1.54) is 173 Å². The Bertz CT molecular complexity index is 1360. The van der Waals surface area contributed by atoms with Gasteiger partial charge in [-0.2, -0.15) is 0 Å². The van der Waals surface area contributed by atoms with Gasteiger partial charge in [0.05, 0.1) is 25.4 Å². The van der Waals surface area contributed by atoms with Gasteiger partial charge in [-0.1, -0.05) is 242 Å². The van der Waals surface area contributed by atoms with Gasteiger partial charge in [0, 0.05) is 0 Å². The number of allylic oxidation sites excluding steroid dienone is 8. The largest absolute Gasteiger partial charge is 0.394 e. The van der Waals surface area contributed by atoms with Gasteiger partial charge in [0.15, 0.2) is 6.29 Å². The molecule has 1 fully saturated rings. The predicted molar refractivity (Wildman–Crippen MR) is 311 cm³/mol. The molecular weight excluding hydrogens is 943 g/mol. The maximum atomic E-state index is 13.2. The third-order valence-corrected chi connectivity index (χ3v) is 15.1. The molecule has 0 aromatic rings. The molecule has 1 rings (SSSR count). The number of hydrogen-bond donors (Lipinski definition) is 8. The molecule has 1 aliphatic heterocycles. The number of unbranched alkanes of at least 4 members (excludes halogenated alkanes) is 34. The van der Waals surface area contributed by atoms with Crippen LogP contribution in [0.2, 0.25) is 0 Å². The minimum atomic E-state index is -1.68. The van der Waals surface area contributed by atoms with Gasteiger partial charge < -0.3 is 50.5 Å². The lowest BCUT2D eigenvalue weighted by atomic mass is 9.98. The fourth-order valence-electron chi connectivity index (χ4n) is 9.94. The van der Waals surface area contributed by atoms with Crippen LogP contribution >= 0.6 is 0 Å². The Balaban J connectivity index is 2.30. The molecule has 9 atom stereocenters. The van der Waals surface area contributed by atoms with Gasteiger partial charge >= 0.3 is 0 Å². The summed E-state index contributed by atoms with van der Waals surface area (Å²) < 4.78 is 11.1. The van der Waals surface area contributed by atoms with E-state index in [0.717, 1.165) is 64.2 Å². The smallest absolute Gasteiger partial charge is 0.249 e. The molecule has 1 saturated heterocycles. The first-order chi connectivity index (χ1) is 36.7. The Hall–Kier alpha value is -1.93. The van der Waals surface area contributed by atoms with Crippen LogP contribution < -0.4 is 5.32 Å². The lowest BCUT2D eigenvalue weighted by Gasteiger charge is -2.40. The maximum Gasteiger partial charge on any atom is 0.249 e. The summed E-state index contributed by atoms with van der Waals surface area (Å²) in [5.41, 5.74) is 0. The summed E-state index contributed by atoms with van der Waals surface area (Å²) in [6, 6.07) is -1.20. The fourth-order valence-corrected chi connectivity index (χ4v) is 9.94. The third kappa shape index (κ3) is 40.9. The zero-order chi connectivity index (χ0) is 54.7. The first kappa shape index (κ1) is 71.1. The molecule has 75 heavy (non-hydrogen) atoms. The van der Waals surface area contributed by atoms with Crippen molar-refractivity contribution in [1.82, 2.24) is 5.32 Å². The van der Waals surface area contributed by atoms with Crippen molar-refractivity contribution in [1.29, 1.82) is 0 Å². The summed E-state index contributed by atoms with van der Waals surface area (Å²) >= 11 is 0. The Morgan fingerprint density at radius 2 is 0.800 bits per heavy atom. The third-order valence-electron chi connectivity index (χ3n) is 15.1. The number of hydrogen-bond acceptors (Lipinski definition) is 10. The summed E-state index contributed by atoms with van der Waals surface area (Å²) in [5, 5.41) is 76.2. The average Bonchev–Trinajstić information content (AvgIpc) is 3.41. The molecule has 0 bridgehead atoms. The van der Waals surface area contributed by atoms with Gasteiger partial charge in [-0.25, -0.2) is 0 Å². The Kier molecular flexibility index (Phi) is 50.0. The van der Waals surface area contributed by atoms with Crippen molar-refractivity contribution in [2.75, 3.05) is 13.2 Å². The topological polar surface area (TPSA) is 189 Å². The van der Waals surface area contributed by atoms with Crippen molar-refractivity contribution < 1.29 is 50.0 Å².